The maximum Gasteiger partial charge on any atom is 0.180 e. The van der Waals surface area contributed by atoms with Crippen molar-refractivity contribution >= 4 is 11.6 Å². The van der Waals surface area contributed by atoms with Gasteiger partial charge in [0.15, 0.2) is 11.6 Å². The average Bonchev–Trinajstić information content (AvgIpc) is 3.31. The fraction of sp³-hybridized carbons (Fsp3) is 0.375. The van der Waals surface area contributed by atoms with Gasteiger partial charge in [-0.15, -0.1) is 0 Å². The summed E-state index contributed by atoms with van der Waals surface area (Å²) in [5.74, 6) is 2.55. The van der Waals surface area contributed by atoms with Crippen LogP contribution in [0.15, 0.2) is 36.7 Å². The van der Waals surface area contributed by atoms with E-state index in [2.05, 4.69) is 9.97 Å². The third-order valence-electron chi connectivity index (χ3n) is 5.42. The van der Waals surface area contributed by atoms with E-state index in [1.807, 2.05) is 11.9 Å². The highest BCUT2D eigenvalue weighted by molar-refractivity contribution is 5.85. The number of ether oxygens (including phenoxy) is 2. The van der Waals surface area contributed by atoms with Gasteiger partial charge in [0.2, 0.25) is 0 Å². The van der Waals surface area contributed by atoms with Crippen LogP contribution in [0.4, 0.5) is 5.82 Å². The highest BCUT2D eigenvalue weighted by Gasteiger charge is 2.23. The van der Waals surface area contributed by atoms with Crippen LogP contribution in [0.1, 0.15) is 23.4 Å². The van der Waals surface area contributed by atoms with Gasteiger partial charge >= 0.3 is 0 Å². The largest absolute Gasteiger partial charge is 0.495 e. The topological polar surface area (TPSA) is 111 Å². The number of methoxy groups -OCH3 is 1. The molecular formula is C24H27N5O4. The molecule has 0 atom stereocenters. The molecule has 0 saturated heterocycles. The Balaban J connectivity index is 1.54. The normalized spacial score (nSPS) is 12.3. The maximum absolute atomic E-state index is 12.7. The summed E-state index contributed by atoms with van der Waals surface area (Å²) in [5, 5.41) is 9.00. The molecular weight excluding hydrogens is 422 g/mol. The quantitative estimate of drug-likeness (QED) is 0.497. The van der Waals surface area contributed by atoms with E-state index in [0.29, 0.717) is 28.7 Å². The zero-order chi connectivity index (χ0) is 23.2. The molecule has 0 spiro atoms. The van der Waals surface area contributed by atoms with Crippen molar-refractivity contribution in [2.45, 2.75) is 25.7 Å². The standard InChI is InChI=1S/C24H27N5O4/c1-29(15-17(31)12-16-6-7-19(32-2)14-26-16)24-20-4-3-5-21(20)27-23(28-24)22-13-18(8-9-25-22)33-11-10-30/h6-9,13-14,30H,3-5,10-12,15H2,1-2H3. The number of hydrogen-bond donors (Lipinski definition) is 1. The van der Waals surface area contributed by atoms with Crippen LogP contribution in [0.3, 0.4) is 0 Å². The minimum Gasteiger partial charge on any atom is -0.495 e. The zero-order valence-corrected chi connectivity index (χ0v) is 18.8. The van der Waals surface area contributed by atoms with Gasteiger partial charge in [-0.25, -0.2) is 9.97 Å². The number of carbonyl (C=O) groups excluding carboxylic acids is 1. The summed E-state index contributed by atoms with van der Waals surface area (Å²) in [7, 11) is 3.46. The lowest BCUT2D eigenvalue weighted by molar-refractivity contribution is -0.117. The Morgan fingerprint density at radius 1 is 1.15 bits per heavy atom. The molecule has 9 heteroatoms. The number of pyridine rings is 2. The number of aromatic nitrogens is 4. The number of aliphatic hydroxyl groups is 1. The fourth-order valence-corrected chi connectivity index (χ4v) is 3.86. The Labute approximate surface area is 192 Å². The number of fused-ring (bicyclic) bond motifs is 1. The number of carbonyl (C=O) groups is 1. The van der Waals surface area contributed by atoms with E-state index in [9.17, 15) is 4.79 Å². The van der Waals surface area contributed by atoms with E-state index >= 15 is 0 Å². The monoisotopic (exact) mass is 449 g/mol. The van der Waals surface area contributed by atoms with Crippen LogP contribution < -0.4 is 14.4 Å². The zero-order valence-electron chi connectivity index (χ0n) is 18.8. The molecule has 9 nitrogen and oxygen atoms in total. The number of aryl methyl sites for hydroxylation is 1. The Bertz CT molecular complexity index is 1120. The molecule has 0 saturated carbocycles. The summed E-state index contributed by atoms with van der Waals surface area (Å²) in [6.45, 7) is 0.347. The van der Waals surface area contributed by atoms with Crippen molar-refractivity contribution in [2.75, 3.05) is 38.8 Å². The number of aliphatic hydroxyl groups excluding tert-OH is 1. The first kappa shape index (κ1) is 22.6. The van der Waals surface area contributed by atoms with Gasteiger partial charge < -0.3 is 19.5 Å². The number of ketones is 1. The van der Waals surface area contributed by atoms with Gasteiger partial charge in [-0.3, -0.25) is 14.8 Å². The van der Waals surface area contributed by atoms with Crippen LogP contribution in [-0.2, 0) is 24.1 Å². The second-order valence-corrected chi connectivity index (χ2v) is 7.86. The molecule has 0 radical (unpaired) electrons. The molecule has 0 aliphatic heterocycles. The van der Waals surface area contributed by atoms with Crippen molar-refractivity contribution in [1.29, 1.82) is 0 Å². The predicted molar refractivity (Wildman–Crippen MR) is 123 cm³/mol. The SMILES string of the molecule is COc1ccc(CC(=O)CN(C)c2nc(-c3cc(OCCO)ccn3)nc3c2CCC3)nc1. The Kier molecular flexibility index (Phi) is 7.09. The van der Waals surface area contributed by atoms with Crippen molar-refractivity contribution in [3.63, 3.8) is 0 Å². The highest BCUT2D eigenvalue weighted by Crippen LogP contribution is 2.31. The van der Waals surface area contributed by atoms with Crippen LogP contribution >= 0.6 is 0 Å². The molecule has 1 aliphatic rings. The summed E-state index contributed by atoms with van der Waals surface area (Å²) in [4.78, 5) is 32.8. The molecule has 4 rings (SSSR count). The van der Waals surface area contributed by atoms with E-state index < -0.39 is 0 Å². The van der Waals surface area contributed by atoms with Crippen LogP contribution in [0.5, 0.6) is 11.5 Å². The summed E-state index contributed by atoms with van der Waals surface area (Å²) < 4.78 is 10.6. The molecule has 0 bridgehead atoms. The first-order valence-corrected chi connectivity index (χ1v) is 10.9. The van der Waals surface area contributed by atoms with Gasteiger partial charge in [0, 0.05) is 36.3 Å². The van der Waals surface area contributed by atoms with E-state index in [1.54, 1.807) is 43.8 Å². The second kappa shape index (κ2) is 10.4. The van der Waals surface area contributed by atoms with Gasteiger partial charge in [-0.1, -0.05) is 0 Å². The Morgan fingerprint density at radius 2 is 2.03 bits per heavy atom. The molecule has 172 valence electrons. The first-order valence-electron chi connectivity index (χ1n) is 10.9. The molecule has 0 fully saturated rings. The third-order valence-corrected chi connectivity index (χ3v) is 5.42. The average molecular weight is 450 g/mol. The summed E-state index contributed by atoms with van der Waals surface area (Å²) in [6.07, 6.45) is 6.24. The van der Waals surface area contributed by atoms with Gasteiger partial charge in [-0.2, -0.15) is 0 Å². The van der Waals surface area contributed by atoms with E-state index in [-0.39, 0.29) is 32.0 Å². The minimum atomic E-state index is -0.0674. The number of anilines is 1. The summed E-state index contributed by atoms with van der Waals surface area (Å²) in [6, 6.07) is 7.09. The fourth-order valence-electron chi connectivity index (χ4n) is 3.86. The van der Waals surface area contributed by atoms with Crippen LogP contribution in [0.2, 0.25) is 0 Å². The number of rotatable bonds is 10. The predicted octanol–water partition coefficient (Wildman–Crippen LogP) is 2.05. The van der Waals surface area contributed by atoms with E-state index in [4.69, 9.17) is 24.5 Å². The van der Waals surface area contributed by atoms with Crippen LogP contribution in [-0.4, -0.2) is 64.7 Å². The highest BCUT2D eigenvalue weighted by atomic mass is 16.5. The molecule has 0 amide bonds. The second-order valence-electron chi connectivity index (χ2n) is 7.86. The van der Waals surface area contributed by atoms with Crippen molar-refractivity contribution in [3.05, 3.63) is 53.6 Å². The van der Waals surface area contributed by atoms with Gasteiger partial charge in [0.25, 0.3) is 0 Å². The molecule has 0 aromatic carbocycles. The number of Topliss-reactive ketones (excluding diaryl/α,β-unsaturated/α-hetero) is 1. The van der Waals surface area contributed by atoms with Gasteiger partial charge in [-0.05, 0) is 37.5 Å². The maximum atomic E-state index is 12.7. The first-order chi connectivity index (χ1) is 16.1. The lowest BCUT2D eigenvalue weighted by Crippen LogP contribution is -2.29. The third kappa shape index (κ3) is 5.43. The van der Waals surface area contributed by atoms with Crippen molar-refractivity contribution in [3.8, 4) is 23.0 Å². The van der Waals surface area contributed by atoms with Crippen molar-refractivity contribution in [1.82, 2.24) is 19.9 Å². The minimum absolute atomic E-state index is 0.0413. The lowest BCUT2D eigenvalue weighted by atomic mass is 10.1. The summed E-state index contributed by atoms with van der Waals surface area (Å²) >= 11 is 0. The van der Waals surface area contributed by atoms with Crippen molar-refractivity contribution < 1.29 is 19.4 Å². The van der Waals surface area contributed by atoms with Gasteiger partial charge in [0.05, 0.1) is 32.9 Å². The number of hydrogen-bond acceptors (Lipinski definition) is 9. The molecule has 3 heterocycles. The van der Waals surface area contributed by atoms with E-state index in [1.165, 1.54) is 0 Å². The molecule has 3 aromatic rings. The van der Waals surface area contributed by atoms with Gasteiger partial charge in [0.1, 0.15) is 29.6 Å². The summed E-state index contributed by atoms with van der Waals surface area (Å²) in [5.41, 5.74) is 3.37. The number of likely N-dealkylation sites (N-methyl/N-ethyl adjacent to an activating group) is 1. The molecule has 3 aromatic heterocycles. The molecule has 33 heavy (non-hydrogen) atoms. The van der Waals surface area contributed by atoms with Crippen LogP contribution in [0.25, 0.3) is 11.5 Å². The Hall–Kier alpha value is -3.59. The molecule has 0 unspecified atom stereocenters. The molecule has 1 aliphatic carbocycles. The number of nitrogens with zero attached hydrogens (tertiary/aromatic N) is 5. The molecule has 1 N–H and O–H groups in total. The lowest BCUT2D eigenvalue weighted by Gasteiger charge is -2.21. The van der Waals surface area contributed by atoms with Crippen LogP contribution in [0, 0.1) is 0 Å². The smallest absolute Gasteiger partial charge is 0.180 e. The van der Waals surface area contributed by atoms with Crippen molar-refractivity contribution in [2.24, 2.45) is 0 Å². The van der Waals surface area contributed by atoms with E-state index in [0.717, 1.165) is 36.3 Å². The Morgan fingerprint density at radius 3 is 2.79 bits per heavy atom.